The number of carbonyl (C=O) groups is 1. The van der Waals surface area contributed by atoms with Gasteiger partial charge in [0.2, 0.25) is 0 Å². The number of amides is 1. The first kappa shape index (κ1) is 13.8. The fraction of sp³-hybridized carbons (Fsp3) is 0.357. The van der Waals surface area contributed by atoms with Crippen LogP contribution in [0.4, 0.5) is 0 Å². The second-order valence-corrected chi connectivity index (χ2v) is 5.33. The maximum absolute atomic E-state index is 12.1. The molecule has 0 fully saturated rings. The molecule has 0 bridgehead atoms. The van der Waals surface area contributed by atoms with Crippen LogP contribution in [0.3, 0.4) is 0 Å². The number of fused-ring (bicyclic) bond motifs is 1. The minimum absolute atomic E-state index is 0.00656. The Morgan fingerprint density at radius 3 is 2.84 bits per heavy atom. The Bertz CT molecular complexity index is 592. The van der Waals surface area contributed by atoms with Crippen molar-refractivity contribution in [1.29, 1.82) is 0 Å². The molecule has 1 aromatic carbocycles. The Balaban J connectivity index is 2.29. The van der Waals surface area contributed by atoms with E-state index in [1.54, 1.807) is 7.11 Å². The number of thiophene rings is 1. The second kappa shape index (κ2) is 6.04. The molecule has 0 spiro atoms. The van der Waals surface area contributed by atoms with E-state index in [4.69, 9.17) is 4.74 Å². The summed E-state index contributed by atoms with van der Waals surface area (Å²) in [5, 5.41) is 7.00. The van der Waals surface area contributed by atoms with E-state index >= 15 is 0 Å². The van der Waals surface area contributed by atoms with Crippen molar-refractivity contribution in [3.05, 3.63) is 28.6 Å². The first-order valence-corrected chi connectivity index (χ1v) is 6.99. The number of nitrogens with one attached hydrogen (secondary N) is 2. The summed E-state index contributed by atoms with van der Waals surface area (Å²) >= 11 is 1.52. The van der Waals surface area contributed by atoms with E-state index in [-0.39, 0.29) is 5.91 Å². The van der Waals surface area contributed by atoms with Gasteiger partial charge in [0.1, 0.15) is 5.75 Å². The molecule has 0 aliphatic heterocycles. The Morgan fingerprint density at radius 2 is 2.16 bits per heavy atom. The first-order valence-electron chi connectivity index (χ1n) is 6.17. The molecule has 2 N–H and O–H groups in total. The number of hydrogen-bond acceptors (Lipinski definition) is 4. The highest BCUT2D eigenvalue weighted by atomic mass is 32.1. The molecule has 1 aromatic heterocycles. The molecule has 102 valence electrons. The van der Waals surface area contributed by atoms with E-state index in [9.17, 15) is 4.79 Å². The van der Waals surface area contributed by atoms with Crippen LogP contribution in [-0.4, -0.2) is 33.2 Å². The molecule has 0 unspecified atom stereocenters. The number of rotatable bonds is 5. The van der Waals surface area contributed by atoms with Crippen LogP contribution in [0.1, 0.15) is 15.2 Å². The molecule has 5 heteroatoms. The van der Waals surface area contributed by atoms with Gasteiger partial charge in [0.15, 0.2) is 0 Å². The van der Waals surface area contributed by atoms with Crippen molar-refractivity contribution in [3.8, 4) is 5.75 Å². The summed E-state index contributed by atoms with van der Waals surface area (Å²) in [6.07, 6.45) is 0. The van der Waals surface area contributed by atoms with Crippen molar-refractivity contribution in [1.82, 2.24) is 10.6 Å². The third-order valence-corrected chi connectivity index (χ3v) is 4.28. The van der Waals surface area contributed by atoms with E-state index in [1.807, 2.05) is 32.2 Å². The minimum atomic E-state index is -0.00656. The summed E-state index contributed by atoms with van der Waals surface area (Å²) in [6.45, 7) is 3.38. The largest absolute Gasteiger partial charge is 0.497 e. The normalized spacial score (nSPS) is 10.7. The van der Waals surface area contributed by atoms with Crippen LogP contribution in [0.15, 0.2) is 18.2 Å². The Hall–Kier alpha value is -1.59. The molecule has 2 rings (SSSR count). The monoisotopic (exact) mass is 278 g/mol. The molecule has 1 amide bonds. The molecule has 1 heterocycles. The smallest absolute Gasteiger partial charge is 0.261 e. The van der Waals surface area contributed by atoms with Crippen molar-refractivity contribution < 1.29 is 9.53 Å². The van der Waals surface area contributed by atoms with Crippen molar-refractivity contribution in [2.45, 2.75) is 6.92 Å². The summed E-state index contributed by atoms with van der Waals surface area (Å²) < 4.78 is 6.33. The van der Waals surface area contributed by atoms with Crippen molar-refractivity contribution in [2.24, 2.45) is 0 Å². The minimum Gasteiger partial charge on any atom is -0.497 e. The van der Waals surface area contributed by atoms with Gasteiger partial charge in [0.05, 0.1) is 12.0 Å². The van der Waals surface area contributed by atoms with Gasteiger partial charge < -0.3 is 15.4 Å². The molecular formula is C14H18N2O2S. The summed E-state index contributed by atoms with van der Waals surface area (Å²) in [5.41, 5.74) is 1.01. The van der Waals surface area contributed by atoms with Crippen molar-refractivity contribution in [3.63, 3.8) is 0 Å². The lowest BCUT2D eigenvalue weighted by Crippen LogP contribution is -2.30. The lowest BCUT2D eigenvalue weighted by molar-refractivity contribution is 0.0957. The molecular weight excluding hydrogens is 260 g/mol. The zero-order valence-electron chi connectivity index (χ0n) is 11.4. The highest BCUT2D eigenvalue weighted by molar-refractivity contribution is 7.21. The average Bonchev–Trinajstić information content (AvgIpc) is 2.76. The molecule has 0 aliphatic rings. The summed E-state index contributed by atoms with van der Waals surface area (Å²) in [6, 6.07) is 5.89. The van der Waals surface area contributed by atoms with Crippen molar-refractivity contribution in [2.75, 3.05) is 27.2 Å². The third kappa shape index (κ3) is 2.88. The predicted octanol–water partition coefficient (Wildman–Crippen LogP) is 2.17. The zero-order valence-corrected chi connectivity index (χ0v) is 12.2. The summed E-state index contributed by atoms with van der Waals surface area (Å²) in [4.78, 5) is 12.9. The van der Waals surface area contributed by atoms with Gasteiger partial charge in [-0.3, -0.25) is 4.79 Å². The fourth-order valence-electron chi connectivity index (χ4n) is 1.92. The fourth-order valence-corrected chi connectivity index (χ4v) is 3.03. The lowest BCUT2D eigenvalue weighted by Gasteiger charge is -2.03. The summed E-state index contributed by atoms with van der Waals surface area (Å²) in [5.74, 6) is 0.809. The Kier molecular flexibility index (Phi) is 4.39. The van der Waals surface area contributed by atoms with Gasteiger partial charge in [-0.15, -0.1) is 11.3 Å². The zero-order chi connectivity index (χ0) is 13.8. The number of likely N-dealkylation sites (N-methyl/N-ethyl adjacent to an activating group) is 1. The van der Waals surface area contributed by atoms with Crippen LogP contribution in [0, 0.1) is 6.92 Å². The Labute approximate surface area is 116 Å². The topological polar surface area (TPSA) is 50.4 Å². The first-order chi connectivity index (χ1) is 9.17. The molecule has 0 saturated heterocycles. The SMILES string of the molecule is CNCCNC(=O)c1sc2ccc(OC)cc2c1C. The highest BCUT2D eigenvalue weighted by Gasteiger charge is 2.15. The van der Waals surface area contributed by atoms with Gasteiger partial charge in [0, 0.05) is 17.8 Å². The van der Waals surface area contributed by atoms with Gasteiger partial charge in [-0.2, -0.15) is 0 Å². The molecule has 0 aliphatic carbocycles. The van der Waals surface area contributed by atoms with Gasteiger partial charge in [-0.1, -0.05) is 0 Å². The molecule has 0 saturated carbocycles. The van der Waals surface area contributed by atoms with Gasteiger partial charge in [-0.05, 0) is 43.1 Å². The van der Waals surface area contributed by atoms with Gasteiger partial charge in [0.25, 0.3) is 5.91 Å². The average molecular weight is 278 g/mol. The summed E-state index contributed by atoms with van der Waals surface area (Å²) in [7, 11) is 3.51. The molecule has 19 heavy (non-hydrogen) atoms. The third-order valence-electron chi connectivity index (χ3n) is 3.01. The van der Waals surface area contributed by atoms with Crippen LogP contribution in [-0.2, 0) is 0 Å². The number of hydrogen-bond donors (Lipinski definition) is 2. The van der Waals surface area contributed by atoms with E-state index in [1.165, 1.54) is 11.3 Å². The Morgan fingerprint density at radius 1 is 1.37 bits per heavy atom. The van der Waals surface area contributed by atoms with E-state index < -0.39 is 0 Å². The van der Waals surface area contributed by atoms with Crippen LogP contribution in [0.5, 0.6) is 5.75 Å². The van der Waals surface area contributed by atoms with Gasteiger partial charge in [-0.25, -0.2) is 0 Å². The van der Waals surface area contributed by atoms with Crippen LogP contribution < -0.4 is 15.4 Å². The number of aryl methyl sites for hydroxylation is 1. The quantitative estimate of drug-likeness (QED) is 0.824. The second-order valence-electron chi connectivity index (χ2n) is 4.28. The lowest BCUT2D eigenvalue weighted by atomic mass is 10.1. The number of carbonyl (C=O) groups excluding carboxylic acids is 1. The van der Waals surface area contributed by atoms with Crippen molar-refractivity contribution >= 4 is 27.3 Å². The van der Waals surface area contributed by atoms with Gasteiger partial charge >= 0.3 is 0 Å². The van der Waals surface area contributed by atoms with E-state index in [0.29, 0.717) is 6.54 Å². The maximum atomic E-state index is 12.1. The van der Waals surface area contributed by atoms with Crippen LogP contribution >= 0.6 is 11.3 Å². The standard InChI is InChI=1S/C14H18N2O2S/c1-9-11-8-10(18-3)4-5-12(11)19-13(9)14(17)16-7-6-15-2/h4-5,8,15H,6-7H2,1-3H3,(H,16,17). The number of methoxy groups -OCH3 is 1. The van der Waals surface area contributed by atoms with E-state index in [2.05, 4.69) is 10.6 Å². The number of benzene rings is 1. The molecule has 2 aromatic rings. The molecule has 0 radical (unpaired) electrons. The predicted molar refractivity (Wildman–Crippen MR) is 79.4 cm³/mol. The maximum Gasteiger partial charge on any atom is 0.261 e. The molecule has 4 nitrogen and oxygen atoms in total. The highest BCUT2D eigenvalue weighted by Crippen LogP contribution is 2.33. The van der Waals surface area contributed by atoms with E-state index in [0.717, 1.165) is 32.8 Å². The number of ether oxygens (including phenoxy) is 1. The molecule has 0 atom stereocenters. The van der Waals surface area contributed by atoms with Crippen LogP contribution in [0.2, 0.25) is 0 Å². The van der Waals surface area contributed by atoms with Crippen LogP contribution in [0.25, 0.3) is 10.1 Å².